The standard InChI is InChI=1S/C23H27FN4O3S2/c1-2-16-3-8-19-20(14-25)23(32-21(19)13-16)26-22(29)15-27-9-11-28(12-10-27)33(30,31)18-6-4-17(24)5-7-18/h4-7,16H,2-3,8-13,15H2,1H3,(H,26,29). The number of nitriles is 1. The van der Waals surface area contributed by atoms with Gasteiger partial charge in [0.1, 0.15) is 16.9 Å². The molecule has 33 heavy (non-hydrogen) atoms. The summed E-state index contributed by atoms with van der Waals surface area (Å²) >= 11 is 1.51. The van der Waals surface area contributed by atoms with Crippen molar-refractivity contribution in [1.29, 1.82) is 5.26 Å². The van der Waals surface area contributed by atoms with Gasteiger partial charge in [-0.05, 0) is 55.0 Å². The van der Waals surface area contributed by atoms with E-state index in [1.807, 2.05) is 4.90 Å². The molecule has 1 aliphatic heterocycles. The van der Waals surface area contributed by atoms with Gasteiger partial charge in [0, 0.05) is 31.1 Å². The topological polar surface area (TPSA) is 93.5 Å². The first kappa shape index (κ1) is 23.8. The van der Waals surface area contributed by atoms with E-state index in [1.54, 1.807) is 0 Å². The second-order valence-electron chi connectivity index (χ2n) is 8.52. The highest BCUT2D eigenvalue weighted by molar-refractivity contribution is 7.89. The first-order valence-corrected chi connectivity index (χ1v) is 13.4. The number of halogens is 1. The van der Waals surface area contributed by atoms with Crippen LogP contribution in [0.5, 0.6) is 0 Å². The number of hydrogen-bond donors (Lipinski definition) is 1. The fraction of sp³-hybridized carbons (Fsp3) is 0.478. The third-order valence-corrected chi connectivity index (χ3v) is 9.54. The molecule has 0 radical (unpaired) electrons. The number of rotatable bonds is 6. The van der Waals surface area contributed by atoms with Gasteiger partial charge in [0.15, 0.2) is 0 Å². The summed E-state index contributed by atoms with van der Waals surface area (Å²) in [7, 11) is -3.69. The van der Waals surface area contributed by atoms with Gasteiger partial charge in [-0.3, -0.25) is 9.69 Å². The minimum atomic E-state index is -3.69. The predicted octanol–water partition coefficient (Wildman–Crippen LogP) is 3.22. The summed E-state index contributed by atoms with van der Waals surface area (Å²) in [6.07, 6.45) is 4.04. The normalized spacial score (nSPS) is 19.6. The van der Waals surface area contributed by atoms with Crippen LogP contribution in [0.25, 0.3) is 0 Å². The van der Waals surface area contributed by atoms with Crippen molar-refractivity contribution < 1.29 is 17.6 Å². The zero-order chi connectivity index (χ0) is 23.6. The van der Waals surface area contributed by atoms with Crippen molar-refractivity contribution >= 4 is 32.3 Å². The molecule has 1 aliphatic carbocycles. The molecule has 0 spiro atoms. The molecule has 1 atom stereocenters. The van der Waals surface area contributed by atoms with Crippen LogP contribution in [0.1, 0.15) is 35.8 Å². The van der Waals surface area contributed by atoms with Gasteiger partial charge in [0.2, 0.25) is 15.9 Å². The number of piperazine rings is 1. The maximum Gasteiger partial charge on any atom is 0.243 e. The van der Waals surface area contributed by atoms with Crippen LogP contribution in [0.4, 0.5) is 9.39 Å². The minimum Gasteiger partial charge on any atom is -0.315 e. The van der Waals surface area contributed by atoms with Gasteiger partial charge in [-0.1, -0.05) is 13.3 Å². The maximum atomic E-state index is 13.1. The summed E-state index contributed by atoms with van der Waals surface area (Å²) in [5, 5.41) is 13.2. The number of amides is 1. The van der Waals surface area contributed by atoms with Crippen molar-refractivity contribution in [2.75, 3.05) is 38.0 Å². The predicted molar refractivity (Wildman–Crippen MR) is 125 cm³/mol. The number of carbonyl (C=O) groups excluding carboxylic acids is 1. The van der Waals surface area contributed by atoms with Gasteiger partial charge in [-0.15, -0.1) is 11.3 Å². The largest absolute Gasteiger partial charge is 0.315 e. The van der Waals surface area contributed by atoms with Gasteiger partial charge in [0.05, 0.1) is 17.0 Å². The Morgan fingerprint density at radius 3 is 2.58 bits per heavy atom. The van der Waals surface area contributed by atoms with Gasteiger partial charge in [-0.2, -0.15) is 9.57 Å². The van der Waals surface area contributed by atoms with Crippen LogP contribution in [0.3, 0.4) is 0 Å². The molecule has 7 nitrogen and oxygen atoms in total. The van der Waals surface area contributed by atoms with E-state index in [4.69, 9.17) is 0 Å². The Kier molecular flexibility index (Phi) is 7.14. The summed E-state index contributed by atoms with van der Waals surface area (Å²) in [5.41, 5.74) is 1.68. The lowest BCUT2D eigenvalue weighted by molar-refractivity contribution is -0.117. The van der Waals surface area contributed by atoms with Gasteiger partial charge < -0.3 is 5.32 Å². The van der Waals surface area contributed by atoms with E-state index in [0.29, 0.717) is 29.6 Å². The molecule has 1 saturated heterocycles. The van der Waals surface area contributed by atoms with Crippen molar-refractivity contribution in [2.45, 2.75) is 37.5 Å². The average molecular weight is 491 g/mol. The van der Waals surface area contributed by atoms with Gasteiger partial charge in [-0.25, -0.2) is 12.8 Å². The maximum absolute atomic E-state index is 13.1. The molecule has 2 heterocycles. The quantitative estimate of drug-likeness (QED) is 0.671. The lowest BCUT2D eigenvalue weighted by atomic mass is 9.86. The molecular formula is C23H27FN4O3S2. The van der Waals surface area contributed by atoms with E-state index in [-0.39, 0.29) is 30.4 Å². The molecule has 1 aromatic carbocycles. The first-order valence-electron chi connectivity index (χ1n) is 11.1. The molecule has 2 aromatic rings. The molecule has 1 amide bonds. The van der Waals surface area contributed by atoms with Crippen LogP contribution in [0, 0.1) is 23.1 Å². The van der Waals surface area contributed by atoms with Gasteiger partial charge in [0.25, 0.3) is 0 Å². The number of hydrogen-bond acceptors (Lipinski definition) is 6. The number of nitrogens with zero attached hydrogens (tertiary/aromatic N) is 3. The summed E-state index contributed by atoms with van der Waals surface area (Å²) < 4.78 is 40.0. The number of carbonyl (C=O) groups is 1. The third-order valence-electron chi connectivity index (χ3n) is 6.46. The molecule has 0 bridgehead atoms. The Balaban J connectivity index is 1.34. The Labute approximate surface area is 197 Å². The fourth-order valence-electron chi connectivity index (χ4n) is 4.46. The number of benzene rings is 1. The van der Waals surface area contributed by atoms with Crippen molar-refractivity contribution in [3.05, 3.63) is 46.1 Å². The van der Waals surface area contributed by atoms with E-state index >= 15 is 0 Å². The van der Waals surface area contributed by atoms with Crippen molar-refractivity contribution in [3.63, 3.8) is 0 Å². The average Bonchev–Trinajstić information content (AvgIpc) is 3.15. The molecule has 176 valence electrons. The molecular weight excluding hydrogens is 463 g/mol. The fourth-order valence-corrected chi connectivity index (χ4v) is 7.21. The summed E-state index contributed by atoms with van der Waals surface area (Å²) in [6.45, 7) is 3.65. The Morgan fingerprint density at radius 1 is 1.24 bits per heavy atom. The highest BCUT2D eigenvalue weighted by Gasteiger charge is 2.30. The molecule has 1 aromatic heterocycles. The summed E-state index contributed by atoms with van der Waals surface area (Å²) in [6, 6.07) is 7.07. The number of fused-ring (bicyclic) bond motifs is 1. The number of thiophene rings is 1. The van der Waals surface area contributed by atoms with Crippen LogP contribution in [-0.4, -0.2) is 56.3 Å². The second-order valence-corrected chi connectivity index (χ2v) is 11.6. The molecule has 1 N–H and O–H groups in total. The Morgan fingerprint density at radius 2 is 1.94 bits per heavy atom. The van der Waals surface area contributed by atoms with E-state index < -0.39 is 15.8 Å². The van der Waals surface area contributed by atoms with Crippen LogP contribution in [0.15, 0.2) is 29.2 Å². The SMILES string of the molecule is CCC1CCc2c(sc(NC(=O)CN3CCN(S(=O)(=O)c4ccc(F)cc4)CC3)c2C#N)C1. The van der Waals surface area contributed by atoms with Crippen molar-refractivity contribution in [1.82, 2.24) is 9.21 Å². The number of anilines is 1. The highest BCUT2D eigenvalue weighted by atomic mass is 32.2. The van der Waals surface area contributed by atoms with Crippen LogP contribution >= 0.6 is 11.3 Å². The molecule has 4 rings (SSSR count). The molecule has 1 unspecified atom stereocenters. The Bertz CT molecular complexity index is 1160. The van der Waals surface area contributed by atoms with Crippen LogP contribution in [0.2, 0.25) is 0 Å². The number of nitrogens with one attached hydrogen (secondary N) is 1. The van der Waals surface area contributed by atoms with E-state index in [0.717, 1.165) is 43.4 Å². The van der Waals surface area contributed by atoms with E-state index in [2.05, 4.69) is 18.3 Å². The molecule has 10 heteroatoms. The second kappa shape index (κ2) is 9.89. The van der Waals surface area contributed by atoms with E-state index in [9.17, 15) is 22.9 Å². The van der Waals surface area contributed by atoms with Crippen molar-refractivity contribution in [2.24, 2.45) is 5.92 Å². The van der Waals surface area contributed by atoms with Crippen LogP contribution in [-0.2, 0) is 27.7 Å². The molecule has 2 aliphatic rings. The molecule has 0 saturated carbocycles. The smallest absolute Gasteiger partial charge is 0.243 e. The monoisotopic (exact) mass is 490 g/mol. The highest BCUT2D eigenvalue weighted by Crippen LogP contribution is 2.40. The lowest BCUT2D eigenvalue weighted by Crippen LogP contribution is -2.50. The van der Waals surface area contributed by atoms with Gasteiger partial charge >= 0.3 is 0 Å². The zero-order valence-corrected chi connectivity index (χ0v) is 20.1. The van der Waals surface area contributed by atoms with E-state index in [1.165, 1.54) is 32.7 Å². The Hall–Kier alpha value is -2.32. The van der Waals surface area contributed by atoms with Crippen molar-refractivity contribution in [3.8, 4) is 6.07 Å². The third kappa shape index (κ3) is 5.11. The first-order chi connectivity index (χ1) is 15.8. The summed E-state index contributed by atoms with van der Waals surface area (Å²) in [5.74, 6) is -0.0539. The summed E-state index contributed by atoms with van der Waals surface area (Å²) in [4.78, 5) is 15.9. The number of sulfonamides is 1. The minimum absolute atomic E-state index is 0.0612. The zero-order valence-electron chi connectivity index (χ0n) is 18.5. The lowest BCUT2D eigenvalue weighted by Gasteiger charge is -2.33. The molecule has 1 fully saturated rings. The van der Waals surface area contributed by atoms with Crippen LogP contribution < -0.4 is 5.32 Å².